The highest BCUT2D eigenvalue weighted by Gasteiger charge is 2.34. The molecule has 1 aliphatic carbocycles. The van der Waals surface area contributed by atoms with E-state index < -0.39 is 11.9 Å². The lowest BCUT2D eigenvalue weighted by Gasteiger charge is -2.22. The summed E-state index contributed by atoms with van der Waals surface area (Å²) in [5.41, 5.74) is 1.11. The van der Waals surface area contributed by atoms with Gasteiger partial charge in [0, 0.05) is 16.7 Å². The molecule has 0 aromatic heterocycles. The molecule has 1 unspecified atom stereocenters. The van der Waals surface area contributed by atoms with E-state index in [2.05, 4.69) is 0 Å². The first kappa shape index (κ1) is 14.5. The van der Waals surface area contributed by atoms with Crippen LogP contribution >= 0.6 is 11.6 Å². The van der Waals surface area contributed by atoms with Crippen molar-refractivity contribution in [1.29, 1.82) is 0 Å². The SMILES string of the molecule is CC(C(=O)O)c1cccc2c1C(=O)c1cccc(Cl)c1C2=O. The van der Waals surface area contributed by atoms with Crippen LogP contribution in [0.2, 0.25) is 5.02 Å². The van der Waals surface area contributed by atoms with Crippen molar-refractivity contribution in [3.63, 3.8) is 0 Å². The number of hydrogen-bond acceptors (Lipinski definition) is 3. The summed E-state index contributed by atoms with van der Waals surface area (Å²) in [6.07, 6.45) is 0. The van der Waals surface area contributed by atoms with Gasteiger partial charge < -0.3 is 5.11 Å². The molecule has 0 bridgehead atoms. The van der Waals surface area contributed by atoms with E-state index in [0.717, 1.165) is 0 Å². The van der Waals surface area contributed by atoms with Crippen LogP contribution in [0.15, 0.2) is 36.4 Å². The highest BCUT2D eigenvalue weighted by atomic mass is 35.5. The summed E-state index contributed by atoms with van der Waals surface area (Å²) in [6, 6.07) is 9.37. The molecule has 0 fully saturated rings. The maximum Gasteiger partial charge on any atom is 0.310 e. The molecule has 0 spiro atoms. The van der Waals surface area contributed by atoms with Gasteiger partial charge in [-0.3, -0.25) is 14.4 Å². The van der Waals surface area contributed by atoms with Gasteiger partial charge in [-0.05, 0) is 18.6 Å². The number of carboxylic acid groups (broad SMARTS) is 1. The van der Waals surface area contributed by atoms with Crippen molar-refractivity contribution in [3.05, 3.63) is 69.2 Å². The Morgan fingerprint density at radius 1 is 1.00 bits per heavy atom. The lowest BCUT2D eigenvalue weighted by atomic mass is 9.79. The monoisotopic (exact) mass is 314 g/mol. The number of carbonyl (C=O) groups is 3. The lowest BCUT2D eigenvalue weighted by molar-refractivity contribution is -0.138. The largest absolute Gasteiger partial charge is 0.481 e. The Morgan fingerprint density at radius 3 is 2.18 bits per heavy atom. The van der Waals surface area contributed by atoms with E-state index in [4.69, 9.17) is 11.6 Å². The fraction of sp³-hybridized carbons (Fsp3) is 0.118. The third kappa shape index (κ3) is 1.96. The predicted octanol–water partition coefficient (Wildman–Crippen LogP) is 3.30. The second kappa shape index (κ2) is 5.07. The van der Waals surface area contributed by atoms with Crippen molar-refractivity contribution in [2.75, 3.05) is 0 Å². The fourth-order valence-corrected chi connectivity index (χ4v) is 2.98. The summed E-state index contributed by atoms with van der Waals surface area (Å²) in [5, 5.41) is 9.43. The van der Waals surface area contributed by atoms with Gasteiger partial charge in [-0.1, -0.05) is 41.9 Å². The third-order valence-corrected chi connectivity index (χ3v) is 4.21. The molecular formula is C17H11ClO4. The quantitative estimate of drug-likeness (QED) is 0.787. The normalized spacial score (nSPS) is 14.3. The second-order valence-corrected chi connectivity index (χ2v) is 5.56. The summed E-state index contributed by atoms with van der Waals surface area (Å²) < 4.78 is 0. The van der Waals surface area contributed by atoms with Crippen molar-refractivity contribution >= 4 is 29.1 Å². The van der Waals surface area contributed by atoms with Crippen molar-refractivity contribution in [2.45, 2.75) is 12.8 Å². The molecule has 1 aliphatic rings. The first-order valence-electron chi connectivity index (χ1n) is 6.67. The zero-order valence-corrected chi connectivity index (χ0v) is 12.3. The van der Waals surface area contributed by atoms with E-state index in [-0.39, 0.29) is 38.8 Å². The number of aliphatic carboxylic acids is 1. The fourth-order valence-electron chi connectivity index (χ4n) is 2.72. The average molecular weight is 315 g/mol. The van der Waals surface area contributed by atoms with Crippen LogP contribution in [0.4, 0.5) is 0 Å². The number of ketones is 2. The number of carbonyl (C=O) groups excluding carboxylic acids is 2. The predicted molar refractivity (Wildman–Crippen MR) is 80.8 cm³/mol. The van der Waals surface area contributed by atoms with Gasteiger partial charge >= 0.3 is 5.97 Å². The third-order valence-electron chi connectivity index (χ3n) is 3.89. The topological polar surface area (TPSA) is 71.4 Å². The molecule has 110 valence electrons. The van der Waals surface area contributed by atoms with Crippen LogP contribution in [0.3, 0.4) is 0 Å². The molecular weight excluding hydrogens is 304 g/mol. The van der Waals surface area contributed by atoms with Gasteiger partial charge in [-0.2, -0.15) is 0 Å². The van der Waals surface area contributed by atoms with Crippen LogP contribution in [0.5, 0.6) is 0 Å². The van der Waals surface area contributed by atoms with E-state index in [0.29, 0.717) is 5.56 Å². The Balaban J connectivity index is 2.31. The smallest absolute Gasteiger partial charge is 0.310 e. The number of halogens is 1. The molecule has 2 aromatic rings. The maximum absolute atomic E-state index is 12.7. The Bertz CT molecular complexity index is 839. The van der Waals surface area contributed by atoms with Crippen LogP contribution in [0.25, 0.3) is 0 Å². The number of carboxylic acids is 1. The lowest BCUT2D eigenvalue weighted by Crippen LogP contribution is -2.24. The molecule has 0 heterocycles. The standard InChI is InChI=1S/C17H11ClO4/c1-8(17(21)22)9-4-2-5-10-13(9)15(19)11-6-3-7-12(18)14(11)16(10)20/h2-8H,1H3,(H,21,22). The zero-order chi connectivity index (χ0) is 16.0. The van der Waals surface area contributed by atoms with E-state index in [1.807, 2.05) is 0 Å². The van der Waals surface area contributed by atoms with Crippen LogP contribution < -0.4 is 0 Å². The molecule has 5 heteroatoms. The molecule has 0 saturated heterocycles. The summed E-state index contributed by atoms with van der Waals surface area (Å²) >= 11 is 6.05. The van der Waals surface area contributed by atoms with Gasteiger partial charge in [0.15, 0.2) is 11.6 Å². The summed E-state index contributed by atoms with van der Waals surface area (Å²) in [4.78, 5) is 36.6. The van der Waals surface area contributed by atoms with Crippen molar-refractivity contribution in [2.24, 2.45) is 0 Å². The minimum atomic E-state index is -1.05. The molecule has 3 rings (SSSR count). The summed E-state index contributed by atoms with van der Waals surface area (Å²) in [6.45, 7) is 1.49. The average Bonchev–Trinajstić information content (AvgIpc) is 2.50. The van der Waals surface area contributed by atoms with Gasteiger partial charge in [0.1, 0.15) is 0 Å². The Morgan fingerprint density at radius 2 is 1.55 bits per heavy atom. The molecule has 0 amide bonds. The molecule has 2 aromatic carbocycles. The molecule has 1 atom stereocenters. The number of fused-ring (bicyclic) bond motifs is 2. The molecule has 0 saturated carbocycles. The van der Waals surface area contributed by atoms with Gasteiger partial charge in [0.2, 0.25) is 0 Å². The van der Waals surface area contributed by atoms with Crippen molar-refractivity contribution < 1.29 is 19.5 Å². The van der Waals surface area contributed by atoms with Crippen LogP contribution in [-0.4, -0.2) is 22.6 Å². The molecule has 4 nitrogen and oxygen atoms in total. The van der Waals surface area contributed by atoms with Crippen molar-refractivity contribution in [3.8, 4) is 0 Å². The summed E-state index contributed by atoms with van der Waals surface area (Å²) in [5.74, 6) is -2.65. The number of benzene rings is 2. The maximum atomic E-state index is 12.7. The summed E-state index contributed by atoms with van der Waals surface area (Å²) in [7, 11) is 0. The van der Waals surface area contributed by atoms with E-state index in [9.17, 15) is 19.5 Å². The Hall–Kier alpha value is -2.46. The van der Waals surface area contributed by atoms with Gasteiger partial charge in [-0.15, -0.1) is 0 Å². The minimum absolute atomic E-state index is 0.164. The van der Waals surface area contributed by atoms with Crippen LogP contribution in [0.1, 0.15) is 50.2 Å². The number of hydrogen-bond donors (Lipinski definition) is 1. The van der Waals surface area contributed by atoms with E-state index in [1.165, 1.54) is 19.1 Å². The highest BCUT2D eigenvalue weighted by molar-refractivity contribution is 6.39. The molecule has 0 radical (unpaired) electrons. The minimum Gasteiger partial charge on any atom is -0.481 e. The Labute approximate surface area is 131 Å². The number of rotatable bonds is 2. The first-order chi connectivity index (χ1) is 10.4. The van der Waals surface area contributed by atoms with E-state index >= 15 is 0 Å². The van der Waals surface area contributed by atoms with Crippen molar-refractivity contribution in [1.82, 2.24) is 0 Å². The Kier molecular flexibility index (Phi) is 3.34. The van der Waals surface area contributed by atoms with Gasteiger partial charge in [0.05, 0.1) is 16.5 Å². The first-order valence-corrected chi connectivity index (χ1v) is 7.05. The van der Waals surface area contributed by atoms with Crippen LogP contribution in [0, 0.1) is 0 Å². The highest BCUT2D eigenvalue weighted by Crippen LogP contribution is 2.35. The second-order valence-electron chi connectivity index (χ2n) is 5.15. The molecule has 0 aliphatic heterocycles. The van der Waals surface area contributed by atoms with E-state index in [1.54, 1.807) is 24.3 Å². The van der Waals surface area contributed by atoms with Crippen LogP contribution in [-0.2, 0) is 4.79 Å². The zero-order valence-electron chi connectivity index (χ0n) is 11.6. The molecule has 22 heavy (non-hydrogen) atoms. The van der Waals surface area contributed by atoms with Gasteiger partial charge in [-0.25, -0.2) is 0 Å². The van der Waals surface area contributed by atoms with Gasteiger partial charge in [0.25, 0.3) is 0 Å². The molecule has 1 N–H and O–H groups in total.